The molecule has 0 heterocycles. The summed E-state index contributed by atoms with van der Waals surface area (Å²) in [5.74, 6) is -0.142. The van der Waals surface area contributed by atoms with Crippen LogP contribution in [0.1, 0.15) is 13.8 Å². The molecule has 5 nitrogen and oxygen atoms in total. The van der Waals surface area contributed by atoms with Gasteiger partial charge in [-0.05, 0) is 13.8 Å². The Balaban J connectivity index is 4.40. The first-order chi connectivity index (χ1) is 6.99. The van der Waals surface area contributed by atoms with E-state index in [1.807, 2.05) is 0 Å². The van der Waals surface area contributed by atoms with Gasteiger partial charge in [-0.15, -0.1) is 0 Å². The van der Waals surface area contributed by atoms with Crippen LogP contribution in [0.4, 0.5) is 0 Å². The third-order valence-electron chi connectivity index (χ3n) is 2.25. The molecular weight excluding hydrogens is 198 g/mol. The molecule has 1 N–H and O–H groups in total. The largest absolute Gasteiger partial charge is 0.395 e. The molecule has 0 saturated heterocycles. The van der Waals surface area contributed by atoms with Crippen LogP contribution in [0.5, 0.6) is 0 Å². The second-order valence-electron chi connectivity index (χ2n) is 3.72. The fraction of sp³-hybridized carbons (Fsp3) is 0.900. The molecule has 0 atom stereocenters. The fourth-order valence-electron chi connectivity index (χ4n) is 1.11. The van der Waals surface area contributed by atoms with Gasteiger partial charge in [-0.1, -0.05) is 0 Å². The Morgan fingerprint density at radius 1 is 1.33 bits per heavy atom. The van der Waals surface area contributed by atoms with Crippen molar-refractivity contribution < 1.29 is 19.4 Å². The average Bonchev–Trinajstić information content (AvgIpc) is 2.23. The minimum absolute atomic E-state index is 0.0603. The van der Waals surface area contributed by atoms with E-state index in [1.165, 1.54) is 12.0 Å². The maximum atomic E-state index is 11.9. The second kappa shape index (κ2) is 6.76. The molecule has 0 bridgehead atoms. The van der Waals surface area contributed by atoms with Gasteiger partial charge < -0.3 is 19.5 Å². The lowest BCUT2D eigenvalue weighted by Crippen LogP contribution is -2.48. The van der Waals surface area contributed by atoms with Crippen LogP contribution in [0.25, 0.3) is 0 Å². The summed E-state index contributed by atoms with van der Waals surface area (Å²) in [6.07, 6.45) is 0. The molecule has 0 fully saturated rings. The van der Waals surface area contributed by atoms with Gasteiger partial charge in [0.05, 0.1) is 13.2 Å². The van der Waals surface area contributed by atoms with E-state index in [9.17, 15) is 4.79 Å². The number of nitrogens with zero attached hydrogens (tertiary/aromatic N) is 1. The topological polar surface area (TPSA) is 59.0 Å². The average molecular weight is 219 g/mol. The molecule has 0 rings (SSSR count). The van der Waals surface area contributed by atoms with Gasteiger partial charge >= 0.3 is 0 Å². The summed E-state index contributed by atoms with van der Waals surface area (Å²) in [7, 11) is 3.06. The van der Waals surface area contributed by atoms with Crippen molar-refractivity contribution in [2.24, 2.45) is 0 Å². The maximum absolute atomic E-state index is 11.9. The number of hydrogen-bond donors (Lipinski definition) is 1. The summed E-state index contributed by atoms with van der Waals surface area (Å²) < 4.78 is 9.99. The van der Waals surface area contributed by atoms with Crippen molar-refractivity contribution >= 4 is 5.91 Å². The summed E-state index contributed by atoms with van der Waals surface area (Å²) in [6, 6.07) is 0. The lowest BCUT2D eigenvalue weighted by Gasteiger charge is -2.30. The summed E-state index contributed by atoms with van der Waals surface area (Å²) >= 11 is 0. The van der Waals surface area contributed by atoms with Crippen LogP contribution in [0.15, 0.2) is 0 Å². The van der Waals surface area contributed by atoms with Crippen LogP contribution >= 0.6 is 0 Å². The second-order valence-corrected chi connectivity index (χ2v) is 3.72. The number of rotatable bonds is 7. The number of aliphatic hydroxyl groups is 1. The van der Waals surface area contributed by atoms with Crippen LogP contribution in [0.3, 0.4) is 0 Å². The molecule has 0 unspecified atom stereocenters. The Hall–Kier alpha value is -0.650. The smallest absolute Gasteiger partial charge is 0.254 e. The van der Waals surface area contributed by atoms with Gasteiger partial charge in [0.25, 0.3) is 5.91 Å². The van der Waals surface area contributed by atoms with Crippen molar-refractivity contribution in [3.05, 3.63) is 0 Å². The summed E-state index contributed by atoms with van der Waals surface area (Å²) in [5.41, 5.74) is -0.858. The molecule has 90 valence electrons. The zero-order valence-electron chi connectivity index (χ0n) is 9.95. The van der Waals surface area contributed by atoms with Gasteiger partial charge in [0.15, 0.2) is 0 Å². The molecule has 0 aliphatic rings. The first-order valence-electron chi connectivity index (χ1n) is 4.94. The minimum atomic E-state index is -0.858. The molecule has 5 heteroatoms. The van der Waals surface area contributed by atoms with Crippen LogP contribution < -0.4 is 0 Å². The normalized spacial score (nSPS) is 11.5. The van der Waals surface area contributed by atoms with Crippen LogP contribution in [-0.2, 0) is 14.3 Å². The van der Waals surface area contributed by atoms with E-state index >= 15 is 0 Å². The number of carbonyl (C=O) groups is 1. The molecule has 0 aliphatic heterocycles. The third-order valence-corrected chi connectivity index (χ3v) is 2.25. The first-order valence-corrected chi connectivity index (χ1v) is 4.94. The standard InChI is InChI=1S/C10H21NO4/c1-10(2,15-4)9(13)11(5-7-12)6-8-14-3/h12H,5-8H2,1-4H3. The lowest BCUT2D eigenvalue weighted by atomic mass is 10.1. The molecule has 0 saturated carbocycles. The van der Waals surface area contributed by atoms with Crippen molar-refractivity contribution in [1.29, 1.82) is 0 Å². The summed E-state index contributed by atoms with van der Waals surface area (Å²) in [6.45, 7) is 4.55. The minimum Gasteiger partial charge on any atom is -0.395 e. The van der Waals surface area contributed by atoms with Gasteiger partial charge in [-0.2, -0.15) is 0 Å². The van der Waals surface area contributed by atoms with Crippen molar-refractivity contribution in [3.63, 3.8) is 0 Å². The van der Waals surface area contributed by atoms with Gasteiger partial charge in [0.1, 0.15) is 5.60 Å². The van der Waals surface area contributed by atoms with Crippen LogP contribution in [0, 0.1) is 0 Å². The van der Waals surface area contributed by atoms with Gasteiger partial charge in [-0.3, -0.25) is 4.79 Å². The number of ether oxygens (including phenoxy) is 2. The van der Waals surface area contributed by atoms with Crippen molar-refractivity contribution in [2.75, 3.05) is 40.5 Å². The predicted octanol–water partition coefficient (Wildman–Crippen LogP) is -0.121. The van der Waals surface area contributed by atoms with E-state index < -0.39 is 5.60 Å². The van der Waals surface area contributed by atoms with E-state index in [0.717, 1.165) is 0 Å². The summed E-state index contributed by atoms with van der Waals surface area (Å²) in [4.78, 5) is 13.5. The number of aliphatic hydroxyl groups excluding tert-OH is 1. The SMILES string of the molecule is COCCN(CCO)C(=O)C(C)(C)OC. The van der Waals surface area contributed by atoms with E-state index in [4.69, 9.17) is 14.6 Å². The third kappa shape index (κ3) is 4.59. The Kier molecular flexibility index (Phi) is 6.47. The highest BCUT2D eigenvalue weighted by atomic mass is 16.5. The number of hydrogen-bond acceptors (Lipinski definition) is 4. The Morgan fingerprint density at radius 3 is 2.33 bits per heavy atom. The monoisotopic (exact) mass is 219 g/mol. The van der Waals surface area contributed by atoms with E-state index in [0.29, 0.717) is 19.7 Å². The highest BCUT2D eigenvalue weighted by molar-refractivity contribution is 5.84. The molecule has 0 aromatic carbocycles. The zero-order valence-corrected chi connectivity index (χ0v) is 9.95. The quantitative estimate of drug-likeness (QED) is 0.648. The van der Waals surface area contributed by atoms with E-state index in [-0.39, 0.29) is 12.5 Å². The molecule has 0 aromatic heterocycles. The van der Waals surface area contributed by atoms with Crippen molar-refractivity contribution in [1.82, 2.24) is 4.90 Å². The molecule has 15 heavy (non-hydrogen) atoms. The number of methoxy groups -OCH3 is 2. The van der Waals surface area contributed by atoms with Gasteiger partial charge in [0, 0.05) is 27.3 Å². The zero-order chi connectivity index (χ0) is 11.9. The van der Waals surface area contributed by atoms with Crippen LogP contribution in [0.2, 0.25) is 0 Å². The lowest BCUT2D eigenvalue weighted by molar-refractivity contribution is -0.152. The van der Waals surface area contributed by atoms with Crippen molar-refractivity contribution in [3.8, 4) is 0 Å². The van der Waals surface area contributed by atoms with Crippen LogP contribution in [-0.4, -0.2) is 62.0 Å². The Morgan fingerprint density at radius 2 is 1.93 bits per heavy atom. The Labute approximate surface area is 91.0 Å². The van der Waals surface area contributed by atoms with E-state index in [1.54, 1.807) is 21.0 Å². The van der Waals surface area contributed by atoms with E-state index in [2.05, 4.69) is 0 Å². The van der Waals surface area contributed by atoms with Crippen molar-refractivity contribution in [2.45, 2.75) is 19.4 Å². The highest BCUT2D eigenvalue weighted by Gasteiger charge is 2.31. The Bertz CT molecular complexity index is 194. The fourth-order valence-corrected chi connectivity index (χ4v) is 1.11. The van der Waals surface area contributed by atoms with Gasteiger partial charge in [0.2, 0.25) is 0 Å². The van der Waals surface area contributed by atoms with Gasteiger partial charge in [-0.25, -0.2) is 0 Å². The molecule has 0 aliphatic carbocycles. The predicted molar refractivity (Wildman–Crippen MR) is 56.6 cm³/mol. The first kappa shape index (κ1) is 14.3. The number of carbonyl (C=O) groups excluding carboxylic acids is 1. The molecule has 1 amide bonds. The molecule has 0 radical (unpaired) electrons. The number of amides is 1. The molecule has 0 spiro atoms. The summed E-state index contributed by atoms with van der Waals surface area (Å²) in [5, 5.41) is 8.85. The molecular formula is C10H21NO4. The maximum Gasteiger partial charge on any atom is 0.254 e. The highest BCUT2D eigenvalue weighted by Crippen LogP contribution is 2.11. The molecule has 0 aromatic rings.